The highest BCUT2D eigenvalue weighted by molar-refractivity contribution is 5.94. The highest BCUT2D eigenvalue weighted by atomic mass is 35.5. The molecule has 1 heterocycles. The summed E-state index contributed by atoms with van der Waals surface area (Å²) in [6.45, 7) is 4.97. The van der Waals surface area contributed by atoms with Crippen molar-refractivity contribution in [2.45, 2.75) is 19.8 Å². The number of piperidine rings is 1. The third-order valence-corrected chi connectivity index (χ3v) is 3.32. The van der Waals surface area contributed by atoms with E-state index in [-0.39, 0.29) is 18.3 Å². The first-order valence-electron chi connectivity index (χ1n) is 6.31. The van der Waals surface area contributed by atoms with Gasteiger partial charge in [0.25, 0.3) is 5.91 Å². The fraction of sp³-hybridized carbons (Fsp3) is 0.500. The van der Waals surface area contributed by atoms with Crippen LogP contribution < -0.4 is 10.6 Å². The molecule has 1 aromatic carbocycles. The lowest BCUT2D eigenvalue weighted by atomic mass is 9.98. The van der Waals surface area contributed by atoms with Gasteiger partial charge >= 0.3 is 0 Å². The minimum atomic E-state index is 0. The lowest BCUT2D eigenvalue weighted by molar-refractivity contribution is 0.0944. The van der Waals surface area contributed by atoms with E-state index >= 15 is 0 Å². The van der Waals surface area contributed by atoms with Crippen LogP contribution >= 0.6 is 12.4 Å². The molecular formula is C14H21ClN2O. The van der Waals surface area contributed by atoms with Crippen LogP contribution in [0.15, 0.2) is 24.3 Å². The maximum Gasteiger partial charge on any atom is 0.251 e. The first-order chi connectivity index (χ1) is 8.25. The van der Waals surface area contributed by atoms with E-state index in [2.05, 4.69) is 10.6 Å². The summed E-state index contributed by atoms with van der Waals surface area (Å²) in [5, 5.41) is 6.35. The Hall–Kier alpha value is -1.06. The Labute approximate surface area is 115 Å². The molecule has 0 atom stereocenters. The second-order valence-corrected chi connectivity index (χ2v) is 4.77. The molecule has 0 aromatic heterocycles. The molecule has 0 radical (unpaired) electrons. The van der Waals surface area contributed by atoms with E-state index in [0.717, 1.165) is 38.0 Å². The monoisotopic (exact) mass is 268 g/mol. The van der Waals surface area contributed by atoms with E-state index in [0.29, 0.717) is 5.92 Å². The number of carbonyl (C=O) groups excluding carboxylic acids is 1. The Morgan fingerprint density at radius 3 is 2.50 bits per heavy atom. The van der Waals surface area contributed by atoms with E-state index in [1.54, 1.807) is 0 Å². The van der Waals surface area contributed by atoms with Gasteiger partial charge in [-0.1, -0.05) is 17.7 Å². The number of aryl methyl sites for hydroxylation is 1. The van der Waals surface area contributed by atoms with Gasteiger partial charge in [-0.3, -0.25) is 4.79 Å². The number of hydrogen-bond donors (Lipinski definition) is 2. The predicted octanol–water partition coefficient (Wildman–Crippen LogP) is 2.15. The van der Waals surface area contributed by atoms with Crippen molar-refractivity contribution >= 4 is 18.3 Å². The zero-order chi connectivity index (χ0) is 12.1. The summed E-state index contributed by atoms with van der Waals surface area (Å²) >= 11 is 0. The van der Waals surface area contributed by atoms with Gasteiger partial charge in [0, 0.05) is 12.1 Å². The molecule has 1 aromatic rings. The molecule has 1 aliphatic heterocycles. The van der Waals surface area contributed by atoms with Crippen molar-refractivity contribution in [3.05, 3.63) is 35.4 Å². The van der Waals surface area contributed by atoms with Gasteiger partial charge in [0.1, 0.15) is 0 Å². The molecule has 0 saturated carbocycles. The molecule has 0 spiro atoms. The molecule has 2 rings (SSSR count). The zero-order valence-electron chi connectivity index (χ0n) is 10.7. The van der Waals surface area contributed by atoms with E-state index in [4.69, 9.17) is 0 Å². The average molecular weight is 269 g/mol. The summed E-state index contributed by atoms with van der Waals surface area (Å²) in [6.07, 6.45) is 2.32. The van der Waals surface area contributed by atoms with E-state index < -0.39 is 0 Å². The summed E-state index contributed by atoms with van der Waals surface area (Å²) in [5.41, 5.74) is 1.93. The maximum absolute atomic E-state index is 11.9. The lowest BCUT2D eigenvalue weighted by Crippen LogP contribution is -2.35. The SMILES string of the molecule is Cc1ccc(C(=O)NCC2CCNCC2)cc1.Cl. The van der Waals surface area contributed by atoms with Crippen molar-refractivity contribution in [1.29, 1.82) is 0 Å². The number of carbonyl (C=O) groups is 1. The van der Waals surface area contributed by atoms with Gasteiger partial charge in [-0.15, -0.1) is 12.4 Å². The molecule has 0 aliphatic carbocycles. The number of amides is 1. The van der Waals surface area contributed by atoms with Crippen molar-refractivity contribution in [2.75, 3.05) is 19.6 Å². The topological polar surface area (TPSA) is 41.1 Å². The van der Waals surface area contributed by atoms with Crippen LogP contribution in [-0.2, 0) is 0 Å². The third kappa shape index (κ3) is 4.31. The second kappa shape index (κ2) is 7.39. The molecule has 4 heteroatoms. The smallest absolute Gasteiger partial charge is 0.251 e. The van der Waals surface area contributed by atoms with Crippen LogP contribution in [0.25, 0.3) is 0 Å². The minimum absolute atomic E-state index is 0. The predicted molar refractivity (Wildman–Crippen MR) is 76.4 cm³/mol. The highest BCUT2D eigenvalue weighted by Crippen LogP contribution is 2.10. The second-order valence-electron chi connectivity index (χ2n) is 4.77. The lowest BCUT2D eigenvalue weighted by Gasteiger charge is -2.22. The Morgan fingerprint density at radius 1 is 1.28 bits per heavy atom. The van der Waals surface area contributed by atoms with Gasteiger partial charge in [-0.25, -0.2) is 0 Å². The van der Waals surface area contributed by atoms with Crippen molar-refractivity contribution in [2.24, 2.45) is 5.92 Å². The third-order valence-electron chi connectivity index (χ3n) is 3.32. The number of benzene rings is 1. The van der Waals surface area contributed by atoms with E-state index in [9.17, 15) is 4.79 Å². The summed E-state index contributed by atoms with van der Waals surface area (Å²) in [6, 6.07) is 7.71. The van der Waals surface area contributed by atoms with Crippen molar-refractivity contribution < 1.29 is 4.79 Å². The van der Waals surface area contributed by atoms with Crippen molar-refractivity contribution in [1.82, 2.24) is 10.6 Å². The summed E-state index contributed by atoms with van der Waals surface area (Å²) < 4.78 is 0. The molecule has 0 bridgehead atoms. The Bertz CT molecular complexity index is 372. The number of hydrogen-bond acceptors (Lipinski definition) is 2. The average Bonchev–Trinajstić information content (AvgIpc) is 2.38. The number of nitrogens with one attached hydrogen (secondary N) is 2. The summed E-state index contributed by atoms with van der Waals surface area (Å²) in [7, 11) is 0. The van der Waals surface area contributed by atoms with Gasteiger partial charge in [0.05, 0.1) is 0 Å². The fourth-order valence-electron chi connectivity index (χ4n) is 2.13. The maximum atomic E-state index is 11.9. The normalized spacial score (nSPS) is 15.8. The molecule has 100 valence electrons. The van der Waals surface area contributed by atoms with Crippen LogP contribution in [0.5, 0.6) is 0 Å². The van der Waals surface area contributed by atoms with Crippen LogP contribution in [0, 0.1) is 12.8 Å². The molecule has 18 heavy (non-hydrogen) atoms. The van der Waals surface area contributed by atoms with Crippen LogP contribution in [0.3, 0.4) is 0 Å². The Kier molecular flexibility index (Phi) is 6.16. The van der Waals surface area contributed by atoms with Gasteiger partial charge in [0.2, 0.25) is 0 Å². The Balaban J connectivity index is 0.00000162. The summed E-state index contributed by atoms with van der Waals surface area (Å²) in [4.78, 5) is 11.9. The van der Waals surface area contributed by atoms with Gasteiger partial charge in [-0.05, 0) is 50.9 Å². The van der Waals surface area contributed by atoms with Crippen molar-refractivity contribution in [3.63, 3.8) is 0 Å². The largest absolute Gasteiger partial charge is 0.352 e. The Morgan fingerprint density at radius 2 is 1.89 bits per heavy atom. The summed E-state index contributed by atoms with van der Waals surface area (Å²) in [5.74, 6) is 0.675. The van der Waals surface area contributed by atoms with Gasteiger partial charge < -0.3 is 10.6 Å². The first kappa shape index (κ1) is 15.0. The minimum Gasteiger partial charge on any atom is -0.352 e. The molecule has 1 saturated heterocycles. The van der Waals surface area contributed by atoms with Gasteiger partial charge in [-0.2, -0.15) is 0 Å². The van der Waals surface area contributed by atoms with Crippen molar-refractivity contribution in [3.8, 4) is 0 Å². The standard InChI is InChI=1S/C14H20N2O.ClH/c1-11-2-4-13(5-3-11)14(17)16-10-12-6-8-15-9-7-12;/h2-5,12,15H,6-10H2,1H3,(H,16,17);1H. The number of rotatable bonds is 3. The highest BCUT2D eigenvalue weighted by Gasteiger charge is 2.14. The molecule has 0 unspecified atom stereocenters. The van der Waals surface area contributed by atoms with Crippen LogP contribution in [-0.4, -0.2) is 25.5 Å². The molecule has 1 fully saturated rings. The first-order valence-corrected chi connectivity index (χ1v) is 6.31. The molecule has 2 N–H and O–H groups in total. The quantitative estimate of drug-likeness (QED) is 0.882. The van der Waals surface area contributed by atoms with Crippen LogP contribution in [0.1, 0.15) is 28.8 Å². The number of halogens is 1. The van der Waals surface area contributed by atoms with E-state index in [1.165, 1.54) is 5.56 Å². The van der Waals surface area contributed by atoms with Gasteiger partial charge in [0.15, 0.2) is 0 Å². The molecule has 3 nitrogen and oxygen atoms in total. The van der Waals surface area contributed by atoms with Crippen LogP contribution in [0.2, 0.25) is 0 Å². The molecule has 1 amide bonds. The van der Waals surface area contributed by atoms with E-state index in [1.807, 2.05) is 31.2 Å². The zero-order valence-corrected chi connectivity index (χ0v) is 11.6. The molecular weight excluding hydrogens is 248 g/mol. The molecule has 1 aliphatic rings. The fourth-order valence-corrected chi connectivity index (χ4v) is 2.13. The van der Waals surface area contributed by atoms with Crippen LogP contribution in [0.4, 0.5) is 0 Å².